The average molecular weight is 537 g/mol. The lowest BCUT2D eigenvalue weighted by Crippen LogP contribution is -2.52. The summed E-state index contributed by atoms with van der Waals surface area (Å²) >= 11 is 1.84. The highest BCUT2D eigenvalue weighted by molar-refractivity contribution is 14.0. The minimum atomic E-state index is 0. The number of aromatic amines is 1. The van der Waals surface area contributed by atoms with Crippen LogP contribution in [0.1, 0.15) is 17.4 Å². The Hall–Kier alpha value is -1.98. The number of rotatable bonds is 6. The predicted molar refractivity (Wildman–Crippen MR) is 133 cm³/mol. The summed E-state index contributed by atoms with van der Waals surface area (Å²) in [5.41, 5.74) is 2.19. The van der Waals surface area contributed by atoms with Gasteiger partial charge in [-0.1, -0.05) is 24.3 Å². The summed E-state index contributed by atoms with van der Waals surface area (Å²) in [5.74, 6) is 1.78. The van der Waals surface area contributed by atoms with E-state index in [0.717, 1.165) is 62.2 Å². The molecule has 160 valence electrons. The Kier molecular flexibility index (Phi) is 8.64. The maximum atomic E-state index is 4.90. The van der Waals surface area contributed by atoms with Crippen LogP contribution in [0.15, 0.2) is 53.1 Å². The number of aromatic nitrogens is 3. The zero-order valence-electron chi connectivity index (χ0n) is 17.1. The first kappa shape index (κ1) is 22.7. The predicted octanol–water partition coefficient (Wildman–Crippen LogP) is 3.43. The lowest BCUT2D eigenvalue weighted by molar-refractivity contribution is 0.173. The Labute approximate surface area is 198 Å². The first-order valence-electron chi connectivity index (χ1n) is 10.0. The molecule has 1 aromatic carbocycles. The van der Waals surface area contributed by atoms with E-state index in [1.165, 1.54) is 11.2 Å². The van der Waals surface area contributed by atoms with Gasteiger partial charge in [-0.15, -0.1) is 35.3 Å². The first-order valence-corrected chi connectivity index (χ1v) is 10.9. The Morgan fingerprint density at radius 2 is 2.07 bits per heavy atom. The van der Waals surface area contributed by atoms with Gasteiger partial charge in [0, 0.05) is 49.7 Å². The number of thiophene rings is 1. The number of hydrogen-bond acceptors (Lipinski definition) is 5. The highest BCUT2D eigenvalue weighted by Gasteiger charge is 2.19. The van der Waals surface area contributed by atoms with Crippen molar-refractivity contribution in [2.75, 3.05) is 32.7 Å². The van der Waals surface area contributed by atoms with Crippen molar-refractivity contribution in [2.24, 2.45) is 4.99 Å². The fourth-order valence-corrected chi connectivity index (χ4v) is 4.24. The molecule has 3 aromatic rings. The van der Waals surface area contributed by atoms with Gasteiger partial charge in [0.15, 0.2) is 11.8 Å². The molecule has 3 heterocycles. The zero-order chi connectivity index (χ0) is 19.9. The van der Waals surface area contributed by atoms with Crippen LogP contribution in [0, 0.1) is 0 Å². The van der Waals surface area contributed by atoms with Crippen molar-refractivity contribution in [2.45, 2.75) is 20.0 Å². The third-order valence-electron chi connectivity index (χ3n) is 4.99. The molecule has 0 atom stereocenters. The fraction of sp³-hybridized carbons (Fsp3) is 0.381. The van der Waals surface area contributed by atoms with Crippen molar-refractivity contribution in [1.82, 2.24) is 30.3 Å². The van der Waals surface area contributed by atoms with E-state index in [4.69, 9.17) is 4.99 Å². The summed E-state index contributed by atoms with van der Waals surface area (Å²) in [6.45, 7) is 8.78. The highest BCUT2D eigenvalue weighted by atomic mass is 127. The van der Waals surface area contributed by atoms with Gasteiger partial charge in [0.25, 0.3) is 0 Å². The number of aliphatic imine (C=N–C) groups is 1. The Balaban J connectivity index is 0.00000256. The van der Waals surface area contributed by atoms with Gasteiger partial charge in [-0.05, 0) is 30.0 Å². The molecule has 0 spiro atoms. The van der Waals surface area contributed by atoms with Gasteiger partial charge in [0.05, 0.1) is 6.54 Å². The van der Waals surface area contributed by atoms with Gasteiger partial charge >= 0.3 is 0 Å². The monoisotopic (exact) mass is 537 g/mol. The normalized spacial score (nSPS) is 15.1. The topological polar surface area (TPSA) is 72.4 Å². The summed E-state index contributed by atoms with van der Waals surface area (Å²) in [6.07, 6.45) is 1.53. The van der Waals surface area contributed by atoms with Gasteiger partial charge in [-0.2, -0.15) is 5.10 Å². The number of H-pyrrole nitrogens is 1. The van der Waals surface area contributed by atoms with Gasteiger partial charge in [-0.25, -0.2) is 9.98 Å². The second kappa shape index (κ2) is 11.4. The molecule has 9 heteroatoms. The minimum Gasteiger partial charge on any atom is -0.357 e. The van der Waals surface area contributed by atoms with Crippen LogP contribution in [0.4, 0.5) is 0 Å². The molecule has 1 aliphatic heterocycles. The van der Waals surface area contributed by atoms with E-state index >= 15 is 0 Å². The summed E-state index contributed by atoms with van der Waals surface area (Å²) in [4.78, 5) is 15.5. The summed E-state index contributed by atoms with van der Waals surface area (Å²) < 4.78 is 0. The largest absolute Gasteiger partial charge is 0.357 e. The maximum absolute atomic E-state index is 4.90. The Morgan fingerprint density at radius 1 is 1.20 bits per heavy atom. The molecule has 0 unspecified atom stereocenters. The quantitative estimate of drug-likeness (QED) is 0.287. The SMILES string of the molecule is CCNC(=NCc1cccc(-c2ncn[nH]2)c1)N1CCN(Cc2cccs2)CC1.I. The molecular weight excluding hydrogens is 509 g/mol. The van der Waals surface area contributed by atoms with Crippen LogP contribution < -0.4 is 5.32 Å². The van der Waals surface area contributed by atoms with E-state index < -0.39 is 0 Å². The second-order valence-corrected chi connectivity index (χ2v) is 8.08. The molecule has 7 nitrogen and oxygen atoms in total. The molecule has 1 fully saturated rings. The Bertz CT molecular complexity index is 903. The van der Waals surface area contributed by atoms with E-state index in [-0.39, 0.29) is 24.0 Å². The molecule has 1 saturated heterocycles. The first-order chi connectivity index (χ1) is 14.3. The Morgan fingerprint density at radius 3 is 2.77 bits per heavy atom. The molecule has 0 saturated carbocycles. The van der Waals surface area contributed by atoms with Crippen molar-refractivity contribution >= 4 is 41.3 Å². The van der Waals surface area contributed by atoms with Crippen LogP contribution in [0.5, 0.6) is 0 Å². The molecule has 0 radical (unpaired) electrons. The number of hydrogen-bond donors (Lipinski definition) is 2. The van der Waals surface area contributed by atoms with Crippen molar-refractivity contribution < 1.29 is 0 Å². The van der Waals surface area contributed by atoms with Crippen LogP contribution >= 0.6 is 35.3 Å². The molecular formula is C21H28IN7S. The molecule has 0 amide bonds. The van der Waals surface area contributed by atoms with E-state index in [1.54, 1.807) is 0 Å². The standard InChI is InChI=1S/C21H27N7S.HI/c1-2-22-21(28-10-8-27(9-11-28)15-19-7-4-12-29-19)23-14-17-5-3-6-18(13-17)20-24-16-25-26-20;/h3-7,12-13,16H,2,8-11,14-15H2,1H3,(H,22,23)(H,24,25,26);1H. The van der Waals surface area contributed by atoms with Crippen LogP contribution in [-0.4, -0.2) is 63.7 Å². The number of piperazine rings is 1. The average Bonchev–Trinajstić information content (AvgIpc) is 3.46. The minimum absolute atomic E-state index is 0. The fourth-order valence-electron chi connectivity index (χ4n) is 3.49. The molecule has 30 heavy (non-hydrogen) atoms. The molecule has 1 aliphatic rings. The molecule has 4 rings (SSSR count). The molecule has 2 N–H and O–H groups in total. The highest BCUT2D eigenvalue weighted by Crippen LogP contribution is 2.17. The number of benzene rings is 1. The van der Waals surface area contributed by atoms with Crippen LogP contribution in [0.3, 0.4) is 0 Å². The number of nitrogens with one attached hydrogen (secondary N) is 2. The van der Waals surface area contributed by atoms with Crippen molar-refractivity contribution in [3.05, 3.63) is 58.5 Å². The van der Waals surface area contributed by atoms with Crippen LogP contribution in [0.25, 0.3) is 11.4 Å². The van der Waals surface area contributed by atoms with Gasteiger partial charge in [0.2, 0.25) is 0 Å². The number of nitrogens with zero attached hydrogens (tertiary/aromatic N) is 5. The summed E-state index contributed by atoms with van der Waals surface area (Å²) in [6, 6.07) is 12.6. The molecule has 0 bridgehead atoms. The van der Waals surface area contributed by atoms with Crippen LogP contribution in [-0.2, 0) is 13.1 Å². The lowest BCUT2D eigenvalue weighted by atomic mass is 10.1. The zero-order valence-corrected chi connectivity index (χ0v) is 20.3. The molecule has 0 aliphatic carbocycles. The third-order valence-corrected chi connectivity index (χ3v) is 5.85. The maximum Gasteiger partial charge on any atom is 0.194 e. The van der Waals surface area contributed by atoms with Gasteiger partial charge < -0.3 is 10.2 Å². The van der Waals surface area contributed by atoms with Gasteiger partial charge in [0.1, 0.15) is 6.33 Å². The van der Waals surface area contributed by atoms with E-state index in [0.29, 0.717) is 6.54 Å². The summed E-state index contributed by atoms with van der Waals surface area (Å²) in [7, 11) is 0. The second-order valence-electron chi connectivity index (χ2n) is 7.05. The smallest absolute Gasteiger partial charge is 0.194 e. The van der Waals surface area contributed by atoms with Crippen molar-refractivity contribution in [3.8, 4) is 11.4 Å². The van der Waals surface area contributed by atoms with Crippen molar-refractivity contribution in [1.29, 1.82) is 0 Å². The van der Waals surface area contributed by atoms with Crippen LogP contribution in [0.2, 0.25) is 0 Å². The third kappa shape index (κ3) is 6.02. The lowest BCUT2D eigenvalue weighted by Gasteiger charge is -2.36. The van der Waals surface area contributed by atoms with Crippen molar-refractivity contribution in [3.63, 3.8) is 0 Å². The molecule has 2 aromatic heterocycles. The van der Waals surface area contributed by atoms with E-state index in [2.05, 4.69) is 66.9 Å². The summed E-state index contributed by atoms with van der Waals surface area (Å²) in [5, 5.41) is 12.5. The van der Waals surface area contributed by atoms with E-state index in [1.807, 2.05) is 23.5 Å². The van der Waals surface area contributed by atoms with E-state index in [9.17, 15) is 0 Å². The number of halogens is 1. The van der Waals surface area contributed by atoms with Gasteiger partial charge in [-0.3, -0.25) is 10.00 Å². The number of guanidine groups is 1.